The third-order valence-electron chi connectivity index (χ3n) is 3.52. The van der Waals surface area contributed by atoms with Gasteiger partial charge in [-0.2, -0.15) is 0 Å². The number of anilines is 1. The van der Waals surface area contributed by atoms with Crippen LogP contribution in [0.25, 0.3) is 10.9 Å². The number of hydrogen-bond acceptors (Lipinski definition) is 4. The molecule has 0 spiro atoms. The summed E-state index contributed by atoms with van der Waals surface area (Å²) < 4.78 is 0. The molecule has 0 saturated heterocycles. The van der Waals surface area contributed by atoms with Crippen molar-refractivity contribution in [3.8, 4) is 0 Å². The predicted molar refractivity (Wildman–Crippen MR) is 90.4 cm³/mol. The van der Waals surface area contributed by atoms with Gasteiger partial charge in [0.05, 0.1) is 18.5 Å². The number of rotatable bonds is 5. The van der Waals surface area contributed by atoms with Crippen LogP contribution in [0.3, 0.4) is 0 Å². The molecule has 4 N–H and O–H groups in total. The molecule has 0 bridgehead atoms. The molecule has 0 saturated carbocycles. The maximum absolute atomic E-state index is 12.3. The van der Waals surface area contributed by atoms with E-state index in [1.54, 1.807) is 5.38 Å². The Morgan fingerprint density at radius 3 is 2.87 bits per heavy atom. The summed E-state index contributed by atoms with van der Waals surface area (Å²) in [6.45, 7) is 1.96. The lowest BCUT2D eigenvalue weighted by molar-refractivity contribution is -0.117. The van der Waals surface area contributed by atoms with Crippen molar-refractivity contribution in [2.45, 2.75) is 19.8 Å². The van der Waals surface area contributed by atoms with Crippen LogP contribution in [0.15, 0.2) is 29.6 Å². The molecule has 2 heterocycles. The monoisotopic (exact) mass is 328 g/mol. The topological polar surface area (TPSA) is 101 Å². The summed E-state index contributed by atoms with van der Waals surface area (Å²) in [4.78, 5) is 30.6. The number of para-hydroxylation sites is 1. The van der Waals surface area contributed by atoms with E-state index in [9.17, 15) is 9.59 Å². The zero-order valence-corrected chi connectivity index (χ0v) is 13.4. The first-order valence-electron chi connectivity index (χ1n) is 7.11. The molecule has 0 unspecified atom stereocenters. The smallest absolute Gasteiger partial charge is 0.230 e. The van der Waals surface area contributed by atoms with Crippen LogP contribution in [0, 0.1) is 6.92 Å². The van der Waals surface area contributed by atoms with Crippen LogP contribution in [0.4, 0.5) is 5.13 Å². The average molecular weight is 328 g/mol. The van der Waals surface area contributed by atoms with Crippen LogP contribution in [0.1, 0.15) is 17.0 Å². The summed E-state index contributed by atoms with van der Waals surface area (Å²) in [6, 6.07) is 7.89. The third kappa shape index (κ3) is 3.40. The zero-order valence-electron chi connectivity index (χ0n) is 12.6. The Labute approximate surface area is 136 Å². The van der Waals surface area contributed by atoms with Crippen molar-refractivity contribution in [1.82, 2.24) is 9.97 Å². The minimum atomic E-state index is -0.442. The van der Waals surface area contributed by atoms with Crippen LogP contribution >= 0.6 is 11.3 Å². The van der Waals surface area contributed by atoms with E-state index in [1.807, 2.05) is 31.2 Å². The molecule has 2 amide bonds. The zero-order chi connectivity index (χ0) is 16.4. The highest BCUT2D eigenvalue weighted by molar-refractivity contribution is 7.13. The number of nitrogens with zero attached hydrogens (tertiary/aromatic N) is 1. The molecule has 6 nitrogen and oxygen atoms in total. The van der Waals surface area contributed by atoms with Gasteiger partial charge in [0, 0.05) is 22.0 Å². The number of benzene rings is 1. The second-order valence-electron chi connectivity index (χ2n) is 5.29. The molecule has 23 heavy (non-hydrogen) atoms. The number of amides is 2. The van der Waals surface area contributed by atoms with E-state index in [0.29, 0.717) is 10.8 Å². The maximum Gasteiger partial charge on any atom is 0.230 e. The van der Waals surface area contributed by atoms with E-state index in [1.165, 1.54) is 11.3 Å². The molecule has 7 heteroatoms. The van der Waals surface area contributed by atoms with E-state index in [-0.39, 0.29) is 18.7 Å². The van der Waals surface area contributed by atoms with Gasteiger partial charge in [0.1, 0.15) is 0 Å². The highest BCUT2D eigenvalue weighted by Crippen LogP contribution is 2.23. The van der Waals surface area contributed by atoms with Crippen molar-refractivity contribution >= 4 is 39.2 Å². The second kappa shape index (κ2) is 6.21. The predicted octanol–water partition coefficient (Wildman–Crippen LogP) is 2.14. The first-order valence-corrected chi connectivity index (χ1v) is 7.99. The highest BCUT2D eigenvalue weighted by atomic mass is 32.1. The van der Waals surface area contributed by atoms with Crippen molar-refractivity contribution in [3.05, 3.63) is 46.6 Å². The molecule has 3 aromatic rings. The number of carbonyl (C=O) groups excluding carboxylic acids is 2. The SMILES string of the molecule is Cc1[nH]c2ccccc2c1CC(=O)Nc1nc(CC(N)=O)cs1. The van der Waals surface area contributed by atoms with Gasteiger partial charge in [-0.1, -0.05) is 18.2 Å². The fourth-order valence-electron chi connectivity index (χ4n) is 2.51. The van der Waals surface area contributed by atoms with Crippen molar-refractivity contribution in [1.29, 1.82) is 0 Å². The number of carbonyl (C=O) groups is 2. The van der Waals surface area contributed by atoms with Gasteiger partial charge in [-0.25, -0.2) is 4.98 Å². The first-order chi connectivity index (χ1) is 11.0. The van der Waals surface area contributed by atoms with Crippen molar-refractivity contribution in [2.24, 2.45) is 5.73 Å². The highest BCUT2D eigenvalue weighted by Gasteiger charge is 2.14. The van der Waals surface area contributed by atoms with Crippen LogP contribution in [-0.2, 0) is 22.4 Å². The standard InChI is InChI=1S/C16H16N4O2S/c1-9-12(11-4-2-3-5-13(11)18-9)7-15(22)20-16-19-10(8-23-16)6-14(17)21/h2-5,8,18H,6-7H2,1H3,(H2,17,21)(H,19,20,22). The van der Waals surface area contributed by atoms with Crippen LogP contribution in [-0.4, -0.2) is 21.8 Å². The van der Waals surface area contributed by atoms with Gasteiger partial charge < -0.3 is 16.0 Å². The molecule has 0 aliphatic carbocycles. The minimum Gasteiger partial charge on any atom is -0.369 e. The molecule has 0 fully saturated rings. The van der Waals surface area contributed by atoms with Gasteiger partial charge in [0.25, 0.3) is 0 Å². The molecular weight excluding hydrogens is 312 g/mol. The Morgan fingerprint density at radius 2 is 2.09 bits per heavy atom. The van der Waals surface area contributed by atoms with Gasteiger partial charge in [-0.05, 0) is 18.6 Å². The first kappa shape index (κ1) is 15.2. The number of H-pyrrole nitrogens is 1. The molecular formula is C16H16N4O2S. The summed E-state index contributed by atoms with van der Waals surface area (Å²) in [5.74, 6) is -0.583. The lowest BCUT2D eigenvalue weighted by Gasteiger charge is -2.02. The number of thiazole rings is 1. The van der Waals surface area contributed by atoms with Crippen molar-refractivity contribution in [2.75, 3.05) is 5.32 Å². The number of aromatic amines is 1. The quantitative estimate of drug-likeness (QED) is 0.669. The second-order valence-corrected chi connectivity index (χ2v) is 6.14. The minimum absolute atomic E-state index is 0.0773. The molecule has 2 aromatic heterocycles. The number of primary amides is 1. The van der Waals surface area contributed by atoms with Gasteiger partial charge in [-0.15, -0.1) is 11.3 Å². The maximum atomic E-state index is 12.3. The molecule has 0 aliphatic rings. The van der Waals surface area contributed by atoms with E-state index < -0.39 is 5.91 Å². The summed E-state index contributed by atoms with van der Waals surface area (Å²) in [6.07, 6.45) is 0.342. The number of aryl methyl sites for hydroxylation is 1. The Morgan fingerprint density at radius 1 is 1.30 bits per heavy atom. The van der Waals surface area contributed by atoms with Gasteiger partial charge >= 0.3 is 0 Å². The number of fused-ring (bicyclic) bond motifs is 1. The molecule has 0 atom stereocenters. The summed E-state index contributed by atoms with van der Waals surface area (Å²) >= 11 is 1.28. The summed E-state index contributed by atoms with van der Waals surface area (Å²) in [5, 5.41) is 6.01. The molecule has 0 aliphatic heterocycles. The molecule has 118 valence electrons. The van der Waals surface area contributed by atoms with Crippen molar-refractivity contribution < 1.29 is 9.59 Å². The normalized spacial score (nSPS) is 10.8. The number of hydrogen-bond donors (Lipinski definition) is 3. The Balaban J connectivity index is 1.72. The average Bonchev–Trinajstić information content (AvgIpc) is 3.03. The summed E-state index contributed by atoms with van der Waals surface area (Å²) in [7, 11) is 0. The number of nitrogens with two attached hydrogens (primary N) is 1. The molecule has 3 rings (SSSR count). The summed E-state index contributed by atoms with van der Waals surface area (Å²) in [5.41, 5.74) is 8.68. The lowest BCUT2D eigenvalue weighted by atomic mass is 10.1. The van der Waals surface area contributed by atoms with E-state index in [2.05, 4.69) is 15.3 Å². The van der Waals surface area contributed by atoms with Crippen molar-refractivity contribution in [3.63, 3.8) is 0 Å². The fourth-order valence-corrected chi connectivity index (χ4v) is 3.24. The molecule has 1 aromatic carbocycles. The Bertz CT molecular complexity index is 881. The van der Waals surface area contributed by atoms with Crippen LogP contribution in [0.2, 0.25) is 0 Å². The fraction of sp³-hybridized carbons (Fsp3) is 0.188. The van der Waals surface area contributed by atoms with Gasteiger partial charge in [0.15, 0.2) is 5.13 Å². The largest absolute Gasteiger partial charge is 0.369 e. The molecule has 0 radical (unpaired) electrons. The van der Waals surface area contributed by atoms with Gasteiger partial charge in [0.2, 0.25) is 11.8 Å². The Kier molecular flexibility index (Phi) is 4.12. The lowest BCUT2D eigenvalue weighted by Crippen LogP contribution is -2.16. The van der Waals surface area contributed by atoms with E-state index in [4.69, 9.17) is 5.73 Å². The van der Waals surface area contributed by atoms with Crippen LogP contribution < -0.4 is 11.1 Å². The van der Waals surface area contributed by atoms with Crippen LogP contribution in [0.5, 0.6) is 0 Å². The number of nitrogens with one attached hydrogen (secondary N) is 2. The van der Waals surface area contributed by atoms with E-state index >= 15 is 0 Å². The Hall–Kier alpha value is -2.67. The van der Waals surface area contributed by atoms with E-state index in [0.717, 1.165) is 22.2 Å². The van der Waals surface area contributed by atoms with Gasteiger partial charge in [-0.3, -0.25) is 9.59 Å². The number of aromatic nitrogens is 2. The third-order valence-corrected chi connectivity index (χ3v) is 4.32.